The van der Waals surface area contributed by atoms with Gasteiger partial charge in [0.25, 0.3) is 0 Å². The van der Waals surface area contributed by atoms with Crippen LogP contribution in [0.5, 0.6) is 5.88 Å². The average Bonchev–Trinajstić information content (AvgIpc) is 2.46. The van der Waals surface area contributed by atoms with Crippen LogP contribution in [0.1, 0.15) is 25.3 Å². The molecule has 0 aliphatic heterocycles. The van der Waals surface area contributed by atoms with Gasteiger partial charge in [-0.2, -0.15) is 0 Å². The monoisotopic (exact) mass is 257 g/mol. The minimum atomic E-state index is 0.625. The van der Waals surface area contributed by atoms with Crippen molar-refractivity contribution in [1.29, 1.82) is 0 Å². The predicted octanol–water partition coefficient (Wildman–Crippen LogP) is 4.03. The van der Waals surface area contributed by atoms with E-state index in [2.05, 4.69) is 11.9 Å². The molecule has 0 atom stereocenters. The maximum absolute atomic E-state index is 5.44. The molecule has 2 aromatic rings. The highest BCUT2D eigenvalue weighted by atomic mass is 16.5. The van der Waals surface area contributed by atoms with Gasteiger partial charge >= 0.3 is 0 Å². The molecule has 0 aliphatic carbocycles. The van der Waals surface area contributed by atoms with Crippen molar-refractivity contribution in [2.45, 2.75) is 19.8 Å². The third-order valence-corrected chi connectivity index (χ3v) is 2.89. The molecule has 0 saturated carbocycles. The molecule has 0 spiro atoms. The number of pyridine rings is 1. The Morgan fingerprint density at radius 2 is 2.11 bits per heavy atom. The molecule has 2 rings (SSSR count). The first-order chi connectivity index (χ1) is 9.35. The van der Waals surface area contributed by atoms with E-state index in [0.29, 0.717) is 5.88 Å². The second-order valence-electron chi connectivity index (χ2n) is 4.30. The standard InChI is InChI=1S/C16H19NO2/c1-3-4-11-19-12-10-14-7-5-6-13-8-9-15(18-2)17-16(13)14/h5-10,12H,3-4,11H2,1-2H3. The minimum absolute atomic E-state index is 0.625. The van der Waals surface area contributed by atoms with E-state index in [1.54, 1.807) is 13.4 Å². The number of ether oxygens (including phenoxy) is 2. The Kier molecular flexibility index (Phi) is 4.78. The van der Waals surface area contributed by atoms with Crippen LogP contribution in [0.4, 0.5) is 0 Å². The molecule has 100 valence electrons. The maximum atomic E-state index is 5.44. The number of para-hydroxylation sites is 1. The van der Waals surface area contributed by atoms with E-state index in [1.807, 2.05) is 36.4 Å². The molecular weight excluding hydrogens is 238 g/mol. The van der Waals surface area contributed by atoms with E-state index >= 15 is 0 Å². The van der Waals surface area contributed by atoms with Gasteiger partial charge in [0, 0.05) is 17.0 Å². The fourth-order valence-corrected chi connectivity index (χ4v) is 1.82. The highest BCUT2D eigenvalue weighted by Crippen LogP contribution is 2.21. The van der Waals surface area contributed by atoms with Gasteiger partial charge in [0.2, 0.25) is 5.88 Å². The summed E-state index contributed by atoms with van der Waals surface area (Å²) >= 11 is 0. The molecule has 0 unspecified atom stereocenters. The van der Waals surface area contributed by atoms with Gasteiger partial charge < -0.3 is 9.47 Å². The lowest BCUT2D eigenvalue weighted by atomic mass is 10.1. The molecule has 1 aromatic carbocycles. The lowest BCUT2D eigenvalue weighted by Crippen LogP contribution is -1.90. The molecule has 0 N–H and O–H groups in total. The lowest BCUT2D eigenvalue weighted by Gasteiger charge is -2.04. The van der Waals surface area contributed by atoms with Crippen molar-refractivity contribution < 1.29 is 9.47 Å². The van der Waals surface area contributed by atoms with E-state index in [4.69, 9.17) is 9.47 Å². The zero-order chi connectivity index (χ0) is 13.5. The highest BCUT2D eigenvalue weighted by Gasteiger charge is 2.01. The van der Waals surface area contributed by atoms with E-state index in [0.717, 1.165) is 35.9 Å². The van der Waals surface area contributed by atoms with E-state index < -0.39 is 0 Å². The van der Waals surface area contributed by atoms with Crippen LogP contribution < -0.4 is 4.74 Å². The smallest absolute Gasteiger partial charge is 0.213 e. The molecule has 19 heavy (non-hydrogen) atoms. The Morgan fingerprint density at radius 3 is 2.89 bits per heavy atom. The van der Waals surface area contributed by atoms with E-state index in [-0.39, 0.29) is 0 Å². The van der Waals surface area contributed by atoms with Crippen LogP contribution in [-0.2, 0) is 4.74 Å². The molecule has 0 bridgehead atoms. The van der Waals surface area contributed by atoms with E-state index in [9.17, 15) is 0 Å². The number of methoxy groups -OCH3 is 1. The molecule has 3 nitrogen and oxygen atoms in total. The molecule has 3 heteroatoms. The quantitative estimate of drug-likeness (QED) is 0.578. The summed E-state index contributed by atoms with van der Waals surface area (Å²) in [5.74, 6) is 0.625. The van der Waals surface area contributed by atoms with Crippen LogP contribution in [0.3, 0.4) is 0 Å². The number of unbranched alkanes of at least 4 members (excludes halogenated alkanes) is 1. The van der Waals surface area contributed by atoms with E-state index in [1.165, 1.54) is 0 Å². The van der Waals surface area contributed by atoms with Gasteiger partial charge in [0.05, 0.1) is 25.5 Å². The summed E-state index contributed by atoms with van der Waals surface area (Å²) in [6.07, 6.45) is 5.91. The van der Waals surface area contributed by atoms with Gasteiger partial charge in [-0.25, -0.2) is 4.98 Å². The summed E-state index contributed by atoms with van der Waals surface area (Å²) in [6.45, 7) is 2.91. The fourth-order valence-electron chi connectivity index (χ4n) is 1.82. The van der Waals surface area contributed by atoms with Crippen LogP contribution in [0, 0.1) is 0 Å². The Balaban J connectivity index is 2.22. The van der Waals surface area contributed by atoms with Crippen molar-refractivity contribution in [3.8, 4) is 5.88 Å². The first kappa shape index (κ1) is 13.4. The number of aromatic nitrogens is 1. The van der Waals surface area contributed by atoms with Crippen molar-refractivity contribution in [3.05, 3.63) is 42.2 Å². The van der Waals surface area contributed by atoms with Gasteiger partial charge in [-0.05, 0) is 18.6 Å². The van der Waals surface area contributed by atoms with Crippen LogP contribution in [0.2, 0.25) is 0 Å². The normalized spacial score (nSPS) is 11.1. The molecule has 0 aliphatic rings. The highest BCUT2D eigenvalue weighted by molar-refractivity contribution is 5.87. The molecule has 0 fully saturated rings. The number of rotatable bonds is 6. The molecular formula is C16H19NO2. The Bertz CT molecular complexity index is 564. The van der Waals surface area contributed by atoms with Crippen LogP contribution in [0.15, 0.2) is 36.6 Å². The molecule has 0 amide bonds. The third-order valence-electron chi connectivity index (χ3n) is 2.89. The minimum Gasteiger partial charge on any atom is -0.501 e. The van der Waals surface area contributed by atoms with Crippen molar-refractivity contribution in [3.63, 3.8) is 0 Å². The largest absolute Gasteiger partial charge is 0.501 e. The summed E-state index contributed by atoms with van der Waals surface area (Å²) in [7, 11) is 1.63. The van der Waals surface area contributed by atoms with Gasteiger partial charge in [-0.15, -0.1) is 0 Å². The SMILES string of the molecule is CCCCOC=Cc1cccc2ccc(OC)nc12. The Morgan fingerprint density at radius 1 is 1.21 bits per heavy atom. The van der Waals surface area contributed by atoms with Crippen molar-refractivity contribution >= 4 is 17.0 Å². The first-order valence-electron chi connectivity index (χ1n) is 6.57. The average molecular weight is 257 g/mol. The summed E-state index contributed by atoms with van der Waals surface area (Å²) in [5, 5.41) is 1.09. The molecule has 1 aromatic heterocycles. The summed E-state index contributed by atoms with van der Waals surface area (Å²) in [5.41, 5.74) is 1.96. The van der Waals surface area contributed by atoms with Crippen molar-refractivity contribution in [1.82, 2.24) is 4.98 Å². The number of fused-ring (bicyclic) bond motifs is 1. The van der Waals surface area contributed by atoms with Gasteiger partial charge in [0.1, 0.15) is 0 Å². The van der Waals surface area contributed by atoms with Crippen LogP contribution in [-0.4, -0.2) is 18.7 Å². The number of nitrogens with zero attached hydrogens (tertiary/aromatic N) is 1. The summed E-state index contributed by atoms with van der Waals surface area (Å²) in [6, 6.07) is 9.96. The number of hydrogen-bond donors (Lipinski definition) is 0. The van der Waals surface area contributed by atoms with Crippen LogP contribution >= 0.6 is 0 Å². The van der Waals surface area contributed by atoms with Gasteiger partial charge in [-0.3, -0.25) is 0 Å². The molecule has 0 saturated heterocycles. The van der Waals surface area contributed by atoms with Crippen molar-refractivity contribution in [2.75, 3.05) is 13.7 Å². The number of benzene rings is 1. The second kappa shape index (κ2) is 6.78. The summed E-state index contributed by atoms with van der Waals surface area (Å²) < 4.78 is 10.6. The fraction of sp³-hybridized carbons (Fsp3) is 0.312. The zero-order valence-electron chi connectivity index (χ0n) is 11.4. The topological polar surface area (TPSA) is 31.4 Å². The van der Waals surface area contributed by atoms with Crippen LogP contribution in [0.25, 0.3) is 17.0 Å². The molecule has 0 radical (unpaired) electrons. The van der Waals surface area contributed by atoms with Crippen molar-refractivity contribution in [2.24, 2.45) is 0 Å². The maximum Gasteiger partial charge on any atom is 0.213 e. The zero-order valence-corrected chi connectivity index (χ0v) is 11.4. The lowest BCUT2D eigenvalue weighted by molar-refractivity contribution is 0.246. The number of hydrogen-bond acceptors (Lipinski definition) is 3. The molecule has 1 heterocycles. The Hall–Kier alpha value is -2.03. The predicted molar refractivity (Wildman–Crippen MR) is 78.2 cm³/mol. The van der Waals surface area contributed by atoms with Gasteiger partial charge in [0.15, 0.2) is 0 Å². The third kappa shape index (κ3) is 3.47. The second-order valence-corrected chi connectivity index (χ2v) is 4.30. The summed E-state index contributed by atoms with van der Waals surface area (Å²) in [4.78, 5) is 4.48. The van der Waals surface area contributed by atoms with Gasteiger partial charge in [-0.1, -0.05) is 31.5 Å². The Labute approximate surface area is 113 Å². The first-order valence-corrected chi connectivity index (χ1v) is 6.57.